The second-order valence-electron chi connectivity index (χ2n) is 7.52. The summed E-state index contributed by atoms with van der Waals surface area (Å²) in [6.07, 6.45) is 0. The molecule has 0 aliphatic carbocycles. The van der Waals surface area contributed by atoms with Crippen LogP contribution in [0.3, 0.4) is 0 Å². The van der Waals surface area contributed by atoms with Crippen LogP contribution in [-0.4, -0.2) is 36.6 Å². The lowest BCUT2D eigenvalue weighted by molar-refractivity contribution is -0.127. The molecule has 5 heteroatoms. The molecule has 5 nitrogen and oxygen atoms in total. The number of nitrogens with zero attached hydrogens (tertiary/aromatic N) is 2. The standard InChI is InChI=1S/C19H25N3O2/c1-12-8-17(20-16-9-14(24-5)6-7-15(12)16)22-10-13(11-22)18(23)21-19(2,3)4/h6-9,13H,10-11H2,1-5H3,(H,21,23). The lowest BCUT2D eigenvalue weighted by Crippen LogP contribution is -2.56. The molecular weight excluding hydrogens is 302 g/mol. The van der Waals surface area contributed by atoms with E-state index in [9.17, 15) is 4.79 Å². The number of nitrogens with one attached hydrogen (secondary N) is 1. The van der Waals surface area contributed by atoms with Crippen molar-refractivity contribution in [3.8, 4) is 5.75 Å². The van der Waals surface area contributed by atoms with E-state index in [0.29, 0.717) is 13.1 Å². The zero-order valence-electron chi connectivity index (χ0n) is 15.0. The summed E-state index contributed by atoms with van der Waals surface area (Å²) in [5.41, 5.74) is 1.92. The van der Waals surface area contributed by atoms with E-state index in [4.69, 9.17) is 9.72 Å². The van der Waals surface area contributed by atoms with Gasteiger partial charge in [-0.2, -0.15) is 0 Å². The number of aryl methyl sites for hydroxylation is 1. The van der Waals surface area contributed by atoms with Crippen LogP contribution in [-0.2, 0) is 4.79 Å². The summed E-state index contributed by atoms with van der Waals surface area (Å²) < 4.78 is 5.29. The Kier molecular flexibility index (Phi) is 4.11. The van der Waals surface area contributed by atoms with Gasteiger partial charge in [-0.05, 0) is 51.5 Å². The third-order valence-corrected chi connectivity index (χ3v) is 4.28. The number of fused-ring (bicyclic) bond motifs is 1. The molecule has 0 spiro atoms. The Hall–Kier alpha value is -2.30. The molecule has 1 aromatic heterocycles. The van der Waals surface area contributed by atoms with Crippen LogP contribution in [0.1, 0.15) is 26.3 Å². The summed E-state index contributed by atoms with van der Waals surface area (Å²) in [4.78, 5) is 19.1. The van der Waals surface area contributed by atoms with Crippen LogP contribution >= 0.6 is 0 Å². The van der Waals surface area contributed by atoms with Crippen molar-refractivity contribution in [3.05, 3.63) is 29.8 Å². The highest BCUT2D eigenvalue weighted by molar-refractivity contribution is 5.86. The number of methoxy groups -OCH3 is 1. The Morgan fingerprint density at radius 1 is 1.29 bits per heavy atom. The van der Waals surface area contributed by atoms with Gasteiger partial charge in [-0.15, -0.1) is 0 Å². The van der Waals surface area contributed by atoms with Gasteiger partial charge in [0.2, 0.25) is 5.91 Å². The molecular formula is C19H25N3O2. The first-order chi connectivity index (χ1) is 11.3. The van der Waals surface area contributed by atoms with Gasteiger partial charge in [0.15, 0.2) is 0 Å². The smallest absolute Gasteiger partial charge is 0.227 e. The minimum absolute atomic E-state index is 0.0346. The Bertz CT molecular complexity index is 774. The van der Waals surface area contributed by atoms with Crippen molar-refractivity contribution < 1.29 is 9.53 Å². The SMILES string of the molecule is COc1ccc2c(C)cc(N3CC(C(=O)NC(C)(C)C)C3)nc2c1. The molecule has 0 radical (unpaired) electrons. The highest BCUT2D eigenvalue weighted by Crippen LogP contribution is 2.29. The second-order valence-corrected chi connectivity index (χ2v) is 7.52. The van der Waals surface area contributed by atoms with E-state index in [1.54, 1.807) is 7.11 Å². The molecule has 2 heterocycles. The van der Waals surface area contributed by atoms with Crippen LogP contribution in [0.15, 0.2) is 24.3 Å². The monoisotopic (exact) mass is 327 g/mol. The first-order valence-electron chi connectivity index (χ1n) is 8.29. The molecule has 1 amide bonds. The lowest BCUT2D eigenvalue weighted by atomic mass is 9.97. The van der Waals surface area contributed by atoms with Crippen LogP contribution in [0.2, 0.25) is 0 Å². The molecule has 0 bridgehead atoms. The average Bonchev–Trinajstić information content (AvgIpc) is 2.43. The van der Waals surface area contributed by atoms with Crippen molar-refractivity contribution >= 4 is 22.6 Å². The summed E-state index contributed by atoms with van der Waals surface area (Å²) in [5, 5.41) is 4.17. The van der Waals surface area contributed by atoms with Crippen molar-refractivity contribution in [2.24, 2.45) is 5.92 Å². The summed E-state index contributed by atoms with van der Waals surface area (Å²) >= 11 is 0. The Labute approximate surface area is 143 Å². The van der Waals surface area contributed by atoms with Crippen LogP contribution in [0.25, 0.3) is 10.9 Å². The second kappa shape index (κ2) is 5.96. The van der Waals surface area contributed by atoms with E-state index in [-0.39, 0.29) is 17.4 Å². The molecule has 3 rings (SSSR count). The third-order valence-electron chi connectivity index (χ3n) is 4.28. The first kappa shape index (κ1) is 16.6. The fourth-order valence-electron chi connectivity index (χ4n) is 2.96. The quantitative estimate of drug-likeness (QED) is 0.942. The molecule has 1 fully saturated rings. The maximum atomic E-state index is 12.2. The number of aromatic nitrogens is 1. The van der Waals surface area contributed by atoms with E-state index in [2.05, 4.69) is 23.2 Å². The van der Waals surface area contributed by atoms with Crippen LogP contribution in [0.5, 0.6) is 5.75 Å². The summed E-state index contributed by atoms with van der Waals surface area (Å²) in [6, 6.07) is 8.03. The maximum Gasteiger partial charge on any atom is 0.227 e. The predicted molar refractivity (Wildman–Crippen MR) is 96.6 cm³/mol. The topological polar surface area (TPSA) is 54.5 Å². The van der Waals surface area contributed by atoms with Crippen molar-refractivity contribution in [2.45, 2.75) is 33.2 Å². The highest BCUT2D eigenvalue weighted by Gasteiger charge is 2.35. The molecule has 0 saturated carbocycles. The molecule has 0 unspecified atom stereocenters. The number of amides is 1. The molecule has 1 aliphatic heterocycles. The van der Waals surface area contributed by atoms with Crippen molar-refractivity contribution in [3.63, 3.8) is 0 Å². The normalized spacial score (nSPS) is 15.3. The minimum Gasteiger partial charge on any atom is -0.497 e. The molecule has 2 aromatic rings. The van der Waals surface area contributed by atoms with E-state index in [1.807, 2.05) is 39.0 Å². The average molecular weight is 327 g/mol. The van der Waals surface area contributed by atoms with Gasteiger partial charge in [0.05, 0.1) is 18.5 Å². The highest BCUT2D eigenvalue weighted by atomic mass is 16.5. The van der Waals surface area contributed by atoms with Crippen LogP contribution < -0.4 is 15.0 Å². The van der Waals surface area contributed by atoms with E-state index < -0.39 is 0 Å². The third kappa shape index (κ3) is 3.30. The molecule has 1 N–H and O–H groups in total. The van der Waals surface area contributed by atoms with Gasteiger partial charge in [-0.3, -0.25) is 4.79 Å². The number of anilines is 1. The van der Waals surface area contributed by atoms with Gasteiger partial charge < -0.3 is 15.0 Å². The van der Waals surface area contributed by atoms with Crippen LogP contribution in [0.4, 0.5) is 5.82 Å². The molecule has 0 atom stereocenters. The largest absolute Gasteiger partial charge is 0.497 e. The number of hydrogen-bond acceptors (Lipinski definition) is 4. The molecule has 1 saturated heterocycles. The molecule has 24 heavy (non-hydrogen) atoms. The maximum absolute atomic E-state index is 12.2. The van der Waals surface area contributed by atoms with Gasteiger partial charge in [-0.1, -0.05) is 0 Å². The Morgan fingerprint density at radius 3 is 2.62 bits per heavy atom. The zero-order chi connectivity index (χ0) is 17.5. The minimum atomic E-state index is -0.189. The van der Waals surface area contributed by atoms with E-state index >= 15 is 0 Å². The van der Waals surface area contributed by atoms with Gasteiger partial charge >= 0.3 is 0 Å². The van der Waals surface area contributed by atoms with Crippen molar-refractivity contribution in [1.29, 1.82) is 0 Å². The number of carbonyl (C=O) groups excluding carboxylic acids is 1. The van der Waals surface area contributed by atoms with Gasteiger partial charge in [0, 0.05) is 30.1 Å². The molecule has 1 aromatic carbocycles. The van der Waals surface area contributed by atoms with Gasteiger partial charge in [0.25, 0.3) is 0 Å². The number of benzene rings is 1. The number of hydrogen-bond donors (Lipinski definition) is 1. The zero-order valence-corrected chi connectivity index (χ0v) is 15.0. The Balaban J connectivity index is 1.76. The fourth-order valence-corrected chi connectivity index (χ4v) is 2.96. The van der Waals surface area contributed by atoms with E-state index in [0.717, 1.165) is 22.5 Å². The molecule has 1 aliphatic rings. The molecule has 128 valence electrons. The summed E-state index contributed by atoms with van der Waals surface area (Å²) in [6.45, 7) is 9.52. The summed E-state index contributed by atoms with van der Waals surface area (Å²) in [7, 11) is 1.66. The summed E-state index contributed by atoms with van der Waals surface area (Å²) in [5.74, 6) is 1.89. The number of pyridine rings is 1. The van der Waals surface area contributed by atoms with Gasteiger partial charge in [-0.25, -0.2) is 4.98 Å². The lowest BCUT2D eigenvalue weighted by Gasteiger charge is -2.40. The number of rotatable bonds is 3. The Morgan fingerprint density at radius 2 is 2.00 bits per heavy atom. The fraction of sp³-hybridized carbons (Fsp3) is 0.474. The van der Waals surface area contributed by atoms with Crippen LogP contribution in [0, 0.1) is 12.8 Å². The van der Waals surface area contributed by atoms with Gasteiger partial charge in [0.1, 0.15) is 11.6 Å². The van der Waals surface area contributed by atoms with E-state index in [1.165, 1.54) is 5.56 Å². The predicted octanol–water partition coefficient (Wildman–Crippen LogP) is 2.90. The number of ether oxygens (including phenoxy) is 1. The first-order valence-corrected chi connectivity index (χ1v) is 8.29. The van der Waals surface area contributed by atoms with Crippen molar-refractivity contribution in [1.82, 2.24) is 10.3 Å². The van der Waals surface area contributed by atoms with Crippen molar-refractivity contribution in [2.75, 3.05) is 25.1 Å². The number of carbonyl (C=O) groups is 1.